The van der Waals surface area contributed by atoms with Crippen molar-refractivity contribution in [2.24, 2.45) is 0 Å². The lowest BCUT2D eigenvalue weighted by atomic mass is 10.0. The SMILES string of the molecule is O=C(O)C1CCCCN1c1ccnc2c(Cl)cccc12. The van der Waals surface area contributed by atoms with E-state index in [1.54, 1.807) is 12.3 Å². The minimum Gasteiger partial charge on any atom is -0.480 e. The number of carbonyl (C=O) groups is 1. The summed E-state index contributed by atoms with van der Waals surface area (Å²) in [6, 6.07) is 7.02. The molecule has 1 N–H and O–H groups in total. The zero-order chi connectivity index (χ0) is 14.1. The summed E-state index contributed by atoms with van der Waals surface area (Å²) in [6.45, 7) is 0.753. The van der Waals surface area contributed by atoms with Gasteiger partial charge in [-0.1, -0.05) is 23.7 Å². The van der Waals surface area contributed by atoms with Crippen LogP contribution in [0.5, 0.6) is 0 Å². The van der Waals surface area contributed by atoms with Crippen LogP contribution in [0.3, 0.4) is 0 Å². The van der Waals surface area contributed by atoms with Gasteiger partial charge in [-0.3, -0.25) is 4.98 Å². The van der Waals surface area contributed by atoms with E-state index in [4.69, 9.17) is 11.6 Å². The van der Waals surface area contributed by atoms with Gasteiger partial charge in [-0.05, 0) is 31.4 Å². The lowest BCUT2D eigenvalue weighted by Crippen LogP contribution is -2.44. The molecular formula is C15H15ClN2O2. The molecule has 1 aromatic carbocycles. The summed E-state index contributed by atoms with van der Waals surface area (Å²) in [7, 11) is 0. The molecule has 0 saturated carbocycles. The molecule has 1 aromatic heterocycles. The lowest BCUT2D eigenvalue weighted by Gasteiger charge is -2.35. The zero-order valence-electron chi connectivity index (χ0n) is 10.9. The summed E-state index contributed by atoms with van der Waals surface area (Å²) >= 11 is 6.17. The van der Waals surface area contributed by atoms with E-state index in [1.807, 2.05) is 23.1 Å². The van der Waals surface area contributed by atoms with Gasteiger partial charge < -0.3 is 10.0 Å². The Kier molecular flexibility index (Phi) is 3.49. The van der Waals surface area contributed by atoms with Crippen LogP contribution >= 0.6 is 11.6 Å². The highest BCUT2D eigenvalue weighted by atomic mass is 35.5. The van der Waals surface area contributed by atoms with Crippen LogP contribution in [0.15, 0.2) is 30.5 Å². The number of piperidine rings is 1. The Morgan fingerprint density at radius 3 is 3.00 bits per heavy atom. The molecule has 0 radical (unpaired) electrons. The Labute approximate surface area is 122 Å². The highest BCUT2D eigenvalue weighted by Gasteiger charge is 2.29. The van der Waals surface area contributed by atoms with E-state index in [-0.39, 0.29) is 0 Å². The van der Waals surface area contributed by atoms with Crippen molar-refractivity contribution in [3.8, 4) is 0 Å². The number of hydrogen-bond donors (Lipinski definition) is 1. The van der Waals surface area contributed by atoms with Crippen LogP contribution < -0.4 is 4.90 Å². The topological polar surface area (TPSA) is 53.4 Å². The fraction of sp³-hybridized carbons (Fsp3) is 0.333. The fourth-order valence-corrected chi connectivity index (χ4v) is 3.08. The summed E-state index contributed by atoms with van der Waals surface area (Å²) < 4.78 is 0. The number of carboxylic acids is 1. The first kappa shape index (κ1) is 13.2. The van der Waals surface area contributed by atoms with Gasteiger partial charge in [0.15, 0.2) is 0 Å². The zero-order valence-corrected chi connectivity index (χ0v) is 11.7. The van der Waals surface area contributed by atoms with E-state index >= 15 is 0 Å². The smallest absolute Gasteiger partial charge is 0.326 e. The Balaban J connectivity index is 2.13. The van der Waals surface area contributed by atoms with Gasteiger partial charge in [0.2, 0.25) is 0 Å². The lowest BCUT2D eigenvalue weighted by molar-refractivity contribution is -0.139. The van der Waals surface area contributed by atoms with Crippen molar-refractivity contribution in [2.45, 2.75) is 25.3 Å². The van der Waals surface area contributed by atoms with Gasteiger partial charge in [0.05, 0.1) is 10.5 Å². The number of pyridine rings is 1. The Morgan fingerprint density at radius 2 is 2.20 bits per heavy atom. The van der Waals surface area contributed by atoms with Crippen molar-refractivity contribution < 1.29 is 9.90 Å². The van der Waals surface area contributed by atoms with Gasteiger partial charge in [0.25, 0.3) is 0 Å². The van der Waals surface area contributed by atoms with Crippen LogP contribution in [0.2, 0.25) is 5.02 Å². The van der Waals surface area contributed by atoms with Crippen molar-refractivity contribution in [2.75, 3.05) is 11.4 Å². The molecule has 4 nitrogen and oxygen atoms in total. The molecule has 0 bridgehead atoms. The molecule has 104 valence electrons. The van der Waals surface area contributed by atoms with Gasteiger partial charge in [-0.2, -0.15) is 0 Å². The number of halogens is 1. The Bertz CT molecular complexity index is 659. The van der Waals surface area contributed by atoms with E-state index in [0.717, 1.165) is 36.0 Å². The standard InChI is InChI=1S/C15H15ClN2O2/c16-11-5-3-4-10-12(7-8-17-14(10)11)18-9-2-1-6-13(18)15(19)20/h3-5,7-8,13H,1-2,6,9H2,(H,19,20). The average Bonchev–Trinajstić information content (AvgIpc) is 2.47. The van der Waals surface area contributed by atoms with E-state index < -0.39 is 12.0 Å². The van der Waals surface area contributed by atoms with Crippen LogP contribution in [0, 0.1) is 0 Å². The highest BCUT2D eigenvalue weighted by molar-refractivity contribution is 6.35. The van der Waals surface area contributed by atoms with E-state index in [0.29, 0.717) is 11.4 Å². The first-order chi connectivity index (χ1) is 9.68. The molecule has 2 aromatic rings. The van der Waals surface area contributed by atoms with Gasteiger partial charge >= 0.3 is 5.97 Å². The number of para-hydroxylation sites is 1. The van der Waals surface area contributed by atoms with Gasteiger partial charge in [-0.25, -0.2) is 4.79 Å². The summed E-state index contributed by atoms with van der Waals surface area (Å²) in [5, 5.41) is 10.9. The second-order valence-corrected chi connectivity index (χ2v) is 5.42. The second-order valence-electron chi connectivity index (χ2n) is 5.01. The molecule has 1 atom stereocenters. The van der Waals surface area contributed by atoms with Crippen molar-refractivity contribution in [3.63, 3.8) is 0 Å². The molecule has 1 aliphatic heterocycles. The highest BCUT2D eigenvalue weighted by Crippen LogP contribution is 2.33. The molecule has 1 unspecified atom stereocenters. The third kappa shape index (κ3) is 2.20. The van der Waals surface area contributed by atoms with Crippen LogP contribution in [0.1, 0.15) is 19.3 Å². The van der Waals surface area contributed by atoms with E-state index in [9.17, 15) is 9.90 Å². The summed E-state index contributed by atoms with van der Waals surface area (Å²) in [5.41, 5.74) is 1.63. The monoisotopic (exact) mass is 290 g/mol. The van der Waals surface area contributed by atoms with Gasteiger partial charge in [0.1, 0.15) is 6.04 Å². The predicted molar refractivity (Wildman–Crippen MR) is 79.4 cm³/mol. The number of nitrogens with zero attached hydrogens (tertiary/aromatic N) is 2. The Morgan fingerprint density at radius 1 is 1.35 bits per heavy atom. The number of hydrogen-bond acceptors (Lipinski definition) is 3. The number of benzene rings is 1. The van der Waals surface area contributed by atoms with Crippen molar-refractivity contribution in [1.29, 1.82) is 0 Å². The van der Waals surface area contributed by atoms with Crippen LogP contribution in [0.25, 0.3) is 10.9 Å². The first-order valence-corrected chi connectivity index (χ1v) is 7.09. The molecule has 20 heavy (non-hydrogen) atoms. The van der Waals surface area contributed by atoms with E-state index in [1.165, 1.54) is 0 Å². The van der Waals surface area contributed by atoms with E-state index in [2.05, 4.69) is 4.98 Å². The number of anilines is 1. The Hall–Kier alpha value is -1.81. The summed E-state index contributed by atoms with van der Waals surface area (Å²) in [6.07, 6.45) is 4.34. The largest absolute Gasteiger partial charge is 0.480 e. The van der Waals surface area contributed by atoms with Crippen LogP contribution in [0.4, 0.5) is 5.69 Å². The molecular weight excluding hydrogens is 276 g/mol. The van der Waals surface area contributed by atoms with Crippen LogP contribution in [-0.2, 0) is 4.79 Å². The molecule has 1 saturated heterocycles. The number of rotatable bonds is 2. The van der Waals surface area contributed by atoms with Crippen molar-refractivity contribution in [1.82, 2.24) is 4.98 Å². The quantitative estimate of drug-likeness (QED) is 0.922. The van der Waals surface area contributed by atoms with Crippen molar-refractivity contribution >= 4 is 34.2 Å². The maximum atomic E-state index is 11.5. The molecule has 2 heterocycles. The number of aliphatic carboxylic acids is 1. The molecule has 0 aliphatic carbocycles. The molecule has 5 heteroatoms. The normalized spacial score (nSPS) is 19.2. The number of carboxylic acid groups (broad SMARTS) is 1. The fourth-order valence-electron chi connectivity index (χ4n) is 2.85. The molecule has 1 fully saturated rings. The maximum Gasteiger partial charge on any atom is 0.326 e. The predicted octanol–water partition coefficient (Wildman–Crippen LogP) is 3.33. The minimum absolute atomic E-state index is 0.465. The molecule has 3 rings (SSSR count). The molecule has 0 amide bonds. The third-order valence-electron chi connectivity index (χ3n) is 3.80. The third-order valence-corrected chi connectivity index (χ3v) is 4.10. The first-order valence-electron chi connectivity index (χ1n) is 6.71. The summed E-state index contributed by atoms with van der Waals surface area (Å²) in [4.78, 5) is 17.7. The molecule has 1 aliphatic rings. The second kappa shape index (κ2) is 5.29. The van der Waals surface area contributed by atoms with Crippen molar-refractivity contribution in [3.05, 3.63) is 35.5 Å². The summed E-state index contributed by atoms with van der Waals surface area (Å²) in [5.74, 6) is -0.767. The maximum absolute atomic E-state index is 11.5. The molecule has 0 spiro atoms. The van der Waals surface area contributed by atoms with Gasteiger partial charge in [-0.15, -0.1) is 0 Å². The number of aromatic nitrogens is 1. The van der Waals surface area contributed by atoms with Crippen LogP contribution in [-0.4, -0.2) is 28.6 Å². The average molecular weight is 291 g/mol. The van der Waals surface area contributed by atoms with Gasteiger partial charge in [0, 0.05) is 23.8 Å². The minimum atomic E-state index is -0.767. The number of fused-ring (bicyclic) bond motifs is 1.